The molecular weight excluding hydrogens is 362 g/mol. The summed E-state index contributed by atoms with van der Waals surface area (Å²) in [6.45, 7) is 6.08. The molecule has 28 heavy (non-hydrogen) atoms. The molecule has 0 saturated carbocycles. The van der Waals surface area contributed by atoms with Crippen LogP contribution in [0.4, 0.5) is 10.6 Å². The Hall–Kier alpha value is -2.90. The highest BCUT2D eigenvalue weighted by atomic mass is 16.6. The Morgan fingerprint density at radius 1 is 1.32 bits per heavy atom. The van der Waals surface area contributed by atoms with Crippen LogP contribution in [0.15, 0.2) is 18.3 Å². The van der Waals surface area contributed by atoms with Crippen molar-refractivity contribution in [3.8, 4) is 0 Å². The van der Waals surface area contributed by atoms with Crippen molar-refractivity contribution in [2.75, 3.05) is 18.4 Å². The van der Waals surface area contributed by atoms with Gasteiger partial charge in [-0.3, -0.25) is 4.79 Å². The zero-order valence-electron chi connectivity index (χ0n) is 16.3. The van der Waals surface area contributed by atoms with Gasteiger partial charge in [0.1, 0.15) is 11.4 Å². The Labute approximate surface area is 163 Å². The van der Waals surface area contributed by atoms with Crippen molar-refractivity contribution in [1.82, 2.24) is 9.88 Å². The van der Waals surface area contributed by atoms with Crippen LogP contribution >= 0.6 is 0 Å². The van der Waals surface area contributed by atoms with Gasteiger partial charge in [-0.05, 0) is 63.3 Å². The van der Waals surface area contributed by atoms with E-state index in [-0.39, 0.29) is 5.91 Å². The Morgan fingerprint density at radius 2 is 2.00 bits per heavy atom. The lowest BCUT2D eigenvalue weighted by Crippen LogP contribution is -2.51. The summed E-state index contributed by atoms with van der Waals surface area (Å²) in [7, 11) is 0. The largest absolute Gasteiger partial charge is 0.465 e. The van der Waals surface area contributed by atoms with Crippen LogP contribution in [-0.2, 0) is 20.7 Å². The summed E-state index contributed by atoms with van der Waals surface area (Å²) in [5, 5.41) is 12.0. The van der Waals surface area contributed by atoms with E-state index >= 15 is 0 Å². The summed E-state index contributed by atoms with van der Waals surface area (Å²) in [4.78, 5) is 41.3. The van der Waals surface area contributed by atoms with Gasteiger partial charge in [0.25, 0.3) is 0 Å². The number of amides is 2. The molecule has 0 aromatic carbocycles. The lowest BCUT2D eigenvalue weighted by molar-refractivity contribution is -0.148. The number of nitrogens with zero attached hydrogens (tertiary/aromatic N) is 2. The predicted molar refractivity (Wildman–Crippen MR) is 103 cm³/mol. The summed E-state index contributed by atoms with van der Waals surface area (Å²) in [6.07, 6.45) is 5.08. The van der Waals surface area contributed by atoms with Crippen LogP contribution in [0.25, 0.3) is 6.08 Å². The Morgan fingerprint density at radius 3 is 2.61 bits per heavy atom. The lowest BCUT2D eigenvalue weighted by Gasteiger charge is -2.42. The zero-order chi connectivity index (χ0) is 20.5. The van der Waals surface area contributed by atoms with Gasteiger partial charge < -0.3 is 20.1 Å². The number of nitrogens with one attached hydrogen (secondary N) is 1. The lowest BCUT2D eigenvalue weighted by atomic mass is 9.71. The van der Waals surface area contributed by atoms with E-state index in [1.165, 1.54) is 11.0 Å². The molecule has 8 nitrogen and oxygen atoms in total. The van der Waals surface area contributed by atoms with E-state index in [1.54, 1.807) is 33.0 Å². The van der Waals surface area contributed by atoms with Gasteiger partial charge in [0, 0.05) is 25.4 Å². The molecule has 0 bridgehead atoms. The number of carbonyl (C=O) groups is 3. The van der Waals surface area contributed by atoms with Crippen molar-refractivity contribution in [1.29, 1.82) is 0 Å². The molecule has 2 aliphatic heterocycles. The van der Waals surface area contributed by atoms with E-state index in [4.69, 9.17) is 9.84 Å². The first-order valence-corrected chi connectivity index (χ1v) is 9.27. The van der Waals surface area contributed by atoms with Gasteiger partial charge in [0.15, 0.2) is 0 Å². The van der Waals surface area contributed by atoms with E-state index in [9.17, 15) is 14.4 Å². The summed E-state index contributed by atoms with van der Waals surface area (Å²) in [5.41, 5.74) is 0.444. The van der Waals surface area contributed by atoms with E-state index in [0.717, 1.165) is 11.1 Å². The number of carboxylic acid groups (broad SMARTS) is 1. The monoisotopic (exact) mass is 387 g/mol. The molecule has 3 rings (SSSR count). The number of rotatable bonds is 2. The van der Waals surface area contributed by atoms with E-state index in [0.29, 0.717) is 38.2 Å². The van der Waals surface area contributed by atoms with Gasteiger partial charge in [0.05, 0.1) is 5.41 Å². The maximum atomic E-state index is 12.7. The van der Waals surface area contributed by atoms with Crippen LogP contribution in [0.5, 0.6) is 0 Å². The Kier molecular flexibility index (Phi) is 5.14. The molecule has 3 heterocycles. The second-order valence-corrected chi connectivity index (χ2v) is 8.32. The number of carbonyl (C=O) groups excluding carboxylic acids is 2. The average molecular weight is 387 g/mol. The molecule has 2 N–H and O–H groups in total. The SMILES string of the molecule is CC(C)(C)OC(=O)/C=C/c1cnc2c(c1)CC1(CCN(C(=O)O)CC1)C(=O)N2. The molecule has 0 atom stereocenters. The standard InChI is InChI=1S/C20H25N3O5/c1-19(2,3)28-15(24)5-4-13-10-14-11-20(17(25)22-16(14)21-12-13)6-8-23(9-7-20)18(26)27/h4-5,10,12H,6-9,11H2,1-3H3,(H,26,27)(H,21,22,25)/b5-4+. The minimum absolute atomic E-state index is 0.102. The summed E-state index contributed by atoms with van der Waals surface area (Å²) in [5.74, 6) is -0.0173. The van der Waals surface area contributed by atoms with E-state index in [2.05, 4.69) is 10.3 Å². The van der Waals surface area contributed by atoms with Crippen molar-refractivity contribution in [2.24, 2.45) is 5.41 Å². The number of fused-ring (bicyclic) bond motifs is 1. The van der Waals surface area contributed by atoms with Crippen LogP contribution in [0, 0.1) is 5.41 Å². The molecule has 1 saturated heterocycles. The highest BCUT2D eigenvalue weighted by Crippen LogP contribution is 2.41. The first-order chi connectivity index (χ1) is 13.1. The third kappa shape index (κ3) is 4.32. The van der Waals surface area contributed by atoms with Crippen LogP contribution in [0.2, 0.25) is 0 Å². The number of pyridine rings is 1. The van der Waals surface area contributed by atoms with Crippen molar-refractivity contribution in [2.45, 2.75) is 45.6 Å². The Bertz CT molecular complexity index is 833. The minimum atomic E-state index is -0.956. The normalized spacial score (nSPS) is 18.7. The van der Waals surface area contributed by atoms with Gasteiger partial charge >= 0.3 is 12.1 Å². The summed E-state index contributed by atoms with van der Waals surface area (Å²) >= 11 is 0. The van der Waals surface area contributed by atoms with Gasteiger partial charge in [-0.2, -0.15) is 0 Å². The van der Waals surface area contributed by atoms with Crippen LogP contribution < -0.4 is 5.32 Å². The molecule has 0 unspecified atom stereocenters. The van der Waals surface area contributed by atoms with Gasteiger partial charge in [-0.15, -0.1) is 0 Å². The molecule has 1 fully saturated rings. The molecule has 150 valence electrons. The zero-order valence-corrected chi connectivity index (χ0v) is 16.3. The second-order valence-electron chi connectivity index (χ2n) is 8.32. The third-order valence-electron chi connectivity index (χ3n) is 5.04. The molecule has 0 aliphatic carbocycles. The van der Waals surface area contributed by atoms with Crippen molar-refractivity contribution >= 4 is 29.9 Å². The molecule has 0 radical (unpaired) electrons. The smallest absolute Gasteiger partial charge is 0.407 e. The third-order valence-corrected chi connectivity index (χ3v) is 5.04. The highest BCUT2D eigenvalue weighted by molar-refractivity contribution is 5.98. The molecule has 1 aromatic rings. The minimum Gasteiger partial charge on any atom is -0.465 e. The topological polar surface area (TPSA) is 109 Å². The fraction of sp³-hybridized carbons (Fsp3) is 0.500. The predicted octanol–water partition coefficient (Wildman–Crippen LogP) is 2.69. The molecule has 2 aliphatic rings. The van der Waals surface area contributed by atoms with Crippen molar-refractivity contribution in [3.63, 3.8) is 0 Å². The molecular formula is C20H25N3O5. The number of aromatic nitrogens is 1. The van der Waals surface area contributed by atoms with Gasteiger partial charge in [-0.1, -0.05) is 0 Å². The number of hydrogen-bond donors (Lipinski definition) is 2. The number of ether oxygens (including phenoxy) is 1. The van der Waals surface area contributed by atoms with E-state index in [1.807, 2.05) is 6.07 Å². The fourth-order valence-corrected chi connectivity index (χ4v) is 3.58. The first-order valence-electron chi connectivity index (χ1n) is 9.27. The van der Waals surface area contributed by atoms with Gasteiger partial charge in [-0.25, -0.2) is 14.6 Å². The number of likely N-dealkylation sites (tertiary alicyclic amines) is 1. The van der Waals surface area contributed by atoms with Crippen molar-refractivity contribution < 1.29 is 24.2 Å². The van der Waals surface area contributed by atoms with Crippen LogP contribution in [-0.4, -0.2) is 51.7 Å². The maximum Gasteiger partial charge on any atom is 0.407 e. The summed E-state index contributed by atoms with van der Waals surface area (Å²) in [6, 6.07) is 1.90. The summed E-state index contributed by atoms with van der Waals surface area (Å²) < 4.78 is 5.25. The Balaban J connectivity index is 1.75. The average Bonchev–Trinajstić information content (AvgIpc) is 2.60. The molecule has 1 spiro atoms. The van der Waals surface area contributed by atoms with Crippen LogP contribution in [0.1, 0.15) is 44.7 Å². The van der Waals surface area contributed by atoms with Crippen molar-refractivity contribution in [3.05, 3.63) is 29.5 Å². The number of anilines is 1. The number of esters is 1. The quantitative estimate of drug-likeness (QED) is 0.597. The number of hydrogen-bond acceptors (Lipinski definition) is 5. The molecule has 2 amide bonds. The number of piperidine rings is 1. The molecule has 1 aromatic heterocycles. The van der Waals surface area contributed by atoms with Crippen LogP contribution in [0.3, 0.4) is 0 Å². The van der Waals surface area contributed by atoms with E-state index < -0.39 is 23.1 Å². The second kappa shape index (κ2) is 7.26. The highest BCUT2D eigenvalue weighted by Gasteiger charge is 2.45. The fourth-order valence-electron chi connectivity index (χ4n) is 3.58. The first kappa shape index (κ1) is 19.9. The van der Waals surface area contributed by atoms with Gasteiger partial charge in [0.2, 0.25) is 5.91 Å². The maximum absolute atomic E-state index is 12.7. The molecule has 8 heteroatoms.